The number of nitrogens with zero attached hydrogens (tertiary/aromatic N) is 1. The molecule has 0 aliphatic carbocycles. The Morgan fingerprint density at radius 2 is 1.75 bits per heavy atom. The topological polar surface area (TPSA) is 77.1 Å². The van der Waals surface area contributed by atoms with Gasteiger partial charge in [0.05, 0.1) is 19.8 Å². The molecule has 0 saturated carbocycles. The normalized spacial score (nSPS) is 13.7. The highest BCUT2D eigenvalue weighted by Gasteiger charge is 2.39. The van der Waals surface area contributed by atoms with Crippen LogP contribution in [-0.2, 0) is 14.3 Å². The lowest BCUT2D eigenvalue weighted by molar-refractivity contribution is -0.137. The number of carbonyl (C=O) groups excluding carboxylic acids is 2. The molecule has 0 radical (unpaired) electrons. The maximum absolute atomic E-state index is 13.3. The number of benzene rings is 2. The Morgan fingerprint density at radius 1 is 1.00 bits per heavy atom. The van der Waals surface area contributed by atoms with Crippen LogP contribution < -0.4 is 14.8 Å². The van der Waals surface area contributed by atoms with Gasteiger partial charge in [-0.1, -0.05) is 23.7 Å². The van der Waals surface area contributed by atoms with Gasteiger partial charge in [-0.05, 0) is 55.7 Å². The monoisotopic (exact) mass is 458 g/mol. The maximum Gasteiger partial charge on any atom is 0.278 e. The van der Waals surface area contributed by atoms with Gasteiger partial charge >= 0.3 is 0 Å². The fourth-order valence-corrected chi connectivity index (χ4v) is 3.62. The number of aryl methyl sites for hydroxylation is 1. The Labute approximate surface area is 192 Å². The largest absolute Gasteiger partial charge is 0.493 e. The SMILES string of the molecule is CCOCCCN1C(=O)C(Nc2ccc(C)c(Cl)c2)=C(c2ccc(OC)c(OC)c2)C1=O. The highest BCUT2D eigenvalue weighted by Crippen LogP contribution is 2.36. The first kappa shape index (κ1) is 23.6. The summed E-state index contributed by atoms with van der Waals surface area (Å²) >= 11 is 6.25. The summed E-state index contributed by atoms with van der Waals surface area (Å²) in [6.07, 6.45) is 0.550. The molecular formula is C24H27ClN2O5. The number of hydrogen-bond acceptors (Lipinski definition) is 6. The molecule has 8 heteroatoms. The van der Waals surface area contributed by atoms with E-state index in [0.29, 0.717) is 47.4 Å². The summed E-state index contributed by atoms with van der Waals surface area (Å²) in [7, 11) is 3.06. The van der Waals surface area contributed by atoms with Crippen molar-refractivity contribution in [3.8, 4) is 11.5 Å². The summed E-state index contributed by atoms with van der Waals surface area (Å²) in [6.45, 7) is 5.10. The van der Waals surface area contributed by atoms with Crippen molar-refractivity contribution >= 4 is 34.7 Å². The van der Waals surface area contributed by atoms with E-state index in [2.05, 4.69) is 5.32 Å². The average molecular weight is 459 g/mol. The molecule has 1 heterocycles. The van der Waals surface area contributed by atoms with E-state index in [1.807, 2.05) is 26.0 Å². The first-order chi connectivity index (χ1) is 15.4. The van der Waals surface area contributed by atoms with Crippen LogP contribution in [0.25, 0.3) is 5.57 Å². The Hall–Kier alpha value is -3.03. The van der Waals surface area contributed by atoms with Crippen molar-refractivity contribution in [2.75, 3.05) is 39.3 Å². The molecule has 170 valence electrons. The van der Waals surface area contributed by atoms with E-state index in [9.17, 15) is 9.59 Å². The maximum atomic E-state index is 13.3. The molecular weight excluding hydrogens is 432 g/mol. The standard InChI is InChI=1S/C24H27ClN2O5/c1-5-32-12-6-11-27-23(28)21(16-8-10-19(30-3)20(13-16)31-4)22(24(27)29)26-17-9-7-15(2)18(25)14-17/h7-10,13-14,26H,5-6,11-12H2,1-4H3. The van der Waals surface area contributed by atoms with Crippen LogP contribution >= 0.6 is 11.6 Å². The van der Waals surface area contributed by atoms with Crippen molar-refractivity contribution in [3.63, 3.8) is 0 Å². The number of amides is 2. The van der Waals surface area contributed by atoms with Crippen molar-refractivity contribution in [2.45, 2.75) is 20.3 Å². The number of carbonyl (C=O) groups is 2. The zero-order chi connectivity index (χ0) is 23.3. The van der Waals surface area contributed by atoms with Crippen LogP contribution in [0.4, 0.5) is 5.69 Å². The minimum absolute atomic E-state index is 0.193. The molecule has 2 amide bonds. The molecule has 32 heavy (non-hydrogen) atoms. The van der Waals surface area contributed by atoms with E-state index in [-0.39, 0.29) is 23.7 Å². The Morgan fingerprint density at radius 3 is 2.41 bits per heavy atom. The number of rotatable bonds is 10. The molecule has 0 saturated heterocycles. The van der Waals surface area contributed by atoms with E-state index in [4.69, 9.17) is 25.8 Å². The van der Waals surface area contributed by atoms with Gasteiger partial charge in [-0.25, -0.2) is 0 Å². The summed E-state index contributed by atoms with van der Waals surface area (Å²) in [5, 5.41) is 3.68. The fourth-order valence-electron chi connectivity index (χ4n) is 3.44. The van der Waals surface area contributed by atoms with Crippen LogP contribution in [0.15, 0.2) is 42.1 Å². The number of halogens is 1. The fraction of sp³-hybridized carbons (Fsp3) is 0.333. The van der Waals surface area contributed by atoms with E-state index >= 15 is 0 Å². The molecule has 0 atom stereocenters. The Balaban J connectivity index is 2.02. The van der Waals surface area contributed by atoms with E-state index in [0.717, 1.165) is 5.56 Å². The van der Waals surface area contributed by atoms with Crippen LogP contribution in [-0.4, -0.2) is 50.7 Å². The van der Waals surface area contributed by atoms with Gasteiger partial charge in [0.2, 0.25) is 0 Å². The molecule has 0 fully saturated rings. The molecule has 0 spiro atoms. The molecule has 7 nitrogen and oxygen atoms in total. The zero-order valence-electron chi connectivity index (χ0n) is 18.7. The molecule has 1 aliphatic rings. The van der Waals surface area contributed by atoms with Crippen LogP contribution in [0, 0.1) is 6.92 Å². The van der Waals surface area contributed by atoms with Crippen LogP contribution in [0.3, 0.4) is 0 Å². The van der Waals surface area contributed by atoms with Crippen molar-refractivity contribution in [2.24, 2.45) is 0 Å². The van der Waals surface area contributed by atoms with E-state index in [1.54, 1.807) is 24.3 Å². The van der Waals surface area contributed by atoms with Crippen LogP contribution in [0.5, 0.6) is 11.5 Å². The van der Waals surface area contributed by atoms with E-state index in [1.165, 1.54) is 19.1 Å². The van der Waals surface area contributed by atoms with Gasteiger partial charge in [0.1, 0.15) is 5.70 Å². The second-order valence-electron chi connectivity index (χ2n) is 7.22. The van der Waals surface area contributed by atoms with Crippen molar-refractivity contribution < 1.29 is 23.8 Å². The number of methoxy groups -OCH3 is 2. The van der Waals surface area contributed by atoms with Gasteiger partial charge < -0.3 is 19.5 Å². The third-order valence-electron chi connectivity index (χ3n) is 5.16. The van der Waals surface area contributed by atoms with Gasteiger partial charge in [-0.2, -0.15) is 0 Å². The van der Waals surface area contributed by atoms with Crippen molar-refractivity contribution in [1.82, 2.24) is 4.90 Å². The first-order valence-corrected chi connectivity index (χ1v) is 10.7. The van der Waals surface area contributed by atoms with Gasteiger partial charge in [-0.15, -0.1) is 0 Å². The minimum atomic E-state index is -0.395. The summed E-state index contributed by atoms with van der Waals surface area (Å²) < 4.78 is 16.0. The molecule has 3 rings (SSSR count). The molecule has 0 unspecified atom stereocenters. The van der Waals surface area contributed by atoms with Crippen LogP contribution in [0.2, 0.25) is 5.02 Å². The first-order valence-electron chi connectivity index (χ1n) is 10.3. The molecule has 0 aromatic heterocycles. The van der Waals surface area contributed by atoms with Gasteiger partial charge in [0.25, 0.3) is 11.8 Å². The predicted octanol–water partition coefficient (Wildman–Crippen LogP) is 4.28. The second-order valence-corrected chi connectivity index (χ2v) is 7.63. The number of nitrogens with one attached hydrogen (secondary N) is 1. The summed E-state index contributed by atoms with van der Waals surface area (Å²) in [5.74, 6) is 0.222. The van der Waals surface area contributed by atoms with Crippen molar-refractivity contribution in [1.29, 1.82) is 0 Å². The molecule has 1 N–H and O–H groups in total. The predicted molar refractivity (Wildman–Crippen MR) is 124 cm³/mol. The lowest BCUT2D eigenvalue weighted by Gasteiger charge is -2.15. The average Bonchev–Trinajstić information content (AvgIpc) is 3.02. The second kappa shape index (κ2) is 10.5. The smallest absolute Gasteiger partial charge is 0.278 e. The third kappa shape index (κ3) is 4.89. The summed E-state index contributed by atoms with van der Waals surface area (Å²) in [4.78, 5) is 27.8. The van der Waals surface area contributed by atoms with Crippen molar-refractivity contribution in [3.05, 3.63) is 58.2 Å². The Bertz CT molecular complexity index is 1050. The lowest BCUT2D eigenvalue weighted by atomic mass is 10.0. The van der Waals surface area contributed by atoms with Gasteiger partial charge in [0, 0.05) is 30.5 Å². The lowest BCUT2D eigenvalue weighted by Crippen LogP contribution is -2.34. The Kier molecular flexibility index (Phi) is 7.77. The molecule has 2 aromatic carbocycles. The van der Waals surface area contributed by atoms with Gasteiger partial charge in [0.15, 0.2) is 11.5 Å². The van der Waals surface area contributed by atoms with Gasteiger partial charge in [-0.3, -0.25) is 14.5 Å². The molecule has 1 aliphatic heterocycles. The molecule has 0 bridgehead atoms. The third-order valence-corrected chi connectivity index (χ3v) is 5.56. The zero-order valence-corrected chi connectivity index (χ0v) is 19.4. The number of anilines is 1. The quantitative estimate of drug-likeness (QED) is 0.423. The molecule has 2 aromatic rings. The van der Waals surface area contributed by atoms with Crippen LogP contribution in [0.1, 0.15) is 24.5 Å². The summed E-state index contributed by atoms with van der Waals surface area (Å²) in [6, 6.07) is 10.5. The number of hydrogen-bond donors (Lipinski definition) is 1. The number of ether oxygens (including phenoxy) is 3. The highest BCUT2D eigenvalue weighted by molar-refractivity contribution is 6.36. The highest BCUT2D eigenvalue weighted by atomic mass is 35.5. The van der Waals surface area contributed by atoms with E-state index < -0.39 is 5.91 Å². The summed E-state index contributed by atoms with van der Waals surface area (Å²) in [5.41, 5.74) is 2.54. The minimum Gasteiger partial charge on any atom is -0.493 e. The number of imide groups is 1.